The largest absolute Gasteiger partial charge is 0.394 e. The highest BCUT2D eigenvalue weighted by atomic mass is 16.7. The molecule has 12 atom stereocenters. The molecule has 0 aromatic carbocycles. The zero-order chi connectivity index (χ0) is 48.2. The van der Waals surface area contributed by atoms with Crippen LogP contribution in [0.2, 0.25) is 0 Å². The molecule has 2 rings (SSSR count). The standard InChI is InChI=1S/C52H81NO13/c1-3-5-7-9-11-13-14-15-16-17-18-19-20-21-22-23-24-25-26-28-30-32-34-36-44(57)53-40(41(56)35-33-31-29-27-12-10-8-6-4-2)39-63-51-49(62)47(60)50(43(38-55)65-51)66-52-48(61)46(59)45(58)42(37-54)64-52/h4-7,11-13,15-16,18-19,21-22,24-25,27-28,30,33,35,40-43,45-52,54-56,58-62H,3,8-10,14,17,20,23,26,29,31-32,34,36-39H2,1-2H3,(H,53,57)/b6-4+,7-5-,13-11-,16-15-,19-18-,22-21-,25-24-,27-12+,30-28-,35-33+. The summed E-state index contributed by atoms with van der Waals surface area (Å²) in [4.78, 5) is 13.1. The van der Waals surface area contributed by atoms with Crippen molar-refractivity contribution >= 4 is 5.91 Å². The minimum Gasteiger partial charge on any atom is -0.394 e. The Morgan fingerprint density at radius 2 is 1.05 bits per heavy atom. The van der Waals surface area contributed by atoms with Gasteiger partial charge >= 0.3 is 0 Å². The summed E-state index contributed by atoms with van der Waals surface area (Å²) >= 11 is 0. The molecule has 2 fully saturated rings. The molecule has 1 amide bonds. The summed E-state index contributed by atoms with van der Waals surface area (Å²) < 4.78 is 22.5. The Labute approximate surface area is 393 Å². The van der Waals surface area contributed by atoms with Crippen molar-refractivity contribution in [1.29, 1.82) is 0 Å². The normalized spacial score (nSPS) is 27.9. The number of nitrogens with one attached hydrogen (secondary N) is 1. The van der Waals surface area contributed by atoms with Gasteiger partial charge in [-0.2, -0.15) is 0 Å². The van der Waals surface area contributed by atoms with E-state index in [1.165, 1.54) is 0 Å². The van der Waals surface area contributed by atoms with E-state index < -0.39 is 86.8 Å². The van der Waals surface area contributed by atoms with E-state index in [4.69, 9.17) is 18.9 Å². The van der Waals surface area contributed by atoms with Crippen LogP contribution in [0.25, 0.3) is 0 Å². The molecular formula is C52H81NO13. The summed E-state index contributed by atoms with van der Waals surface area (Å²) in [7, 11) is 0. The molecule has 2 saturated heterocycles. The second kappa shape index (κ2) is 37.4. The van der Waals surface area contributed by atoms with Crippen LogP contribution < -0.4 is 5.32 Å². The number of aliphatic hydroxyl groups excluding tert-OH is 8. The molecule has 372 valence electrons. The monoisotopic (exact) mass is 928 g/mol. The number of hydrogen-bond donors (Lipinski definition) is 9. The lowest BCUT2D eigenvalue weighted by atomic mass is 9.97. The molecule has 12 unspecified atom stereocenters. The number of allylic oxidation sites excluding steroid dienone is 19. The van der Waals surface area contributed by atoms with Crippen molar-refractivity contribution in [2.75, 3.05) is 19.8 Å². The minimum atomic E-state index is -1.80. The molecule has 0 spiro atoms. The lowest BCUT2D eigenvalue weighted by molar-refractivity contribution is -0.359. The Morgan fingerprint density at radius 1 is 0.576 bits per heavy atom. The van der Waals surface area contributed by atoms with Crippen LogP contribution >= 0.6 is 0 Å². The predicted octanol–water partition coefficient (Wildman–Crippen LogP) is 5.54. The zero-order valence-corrected chi connectivity index (χ0v) is 39.1. The Balaban J connectivity index is 1.85. The average Bonchev–Trinajstić information content (AvgIpc) is 3.31. The van der Waals surface area contributed by atoms with Gasteiger partial charge in [-0.25, -0.2) is 0 Å². The average molecular weight is 928 g/mol. The van der Waals surface area contributed by atoms with Crippen molar-refractivity contribution in [3.63, 3.8) is 0 Å². The van der Waals surface area contributed by atoms with Gasteiger partial charge < -0.3 is 65.1 Å². The fourth-order valence-corrected chi connectivity index (χ4v) is 6.84. The number of unbranched alkanes of at least 4 members (excludes halogenated alkanes) is 3. The molecule has 0 saturated carbocycles. The van der Waals surface area contributed by atoms with E-state index in [0.29, 0.717) is 19.3 Å². The van der Waals surface area contributed by atoms with Crippen LogP contribution in [-0.4, -0.2) is 140 Å². The third-order valence-corrected chi connectivity index (χ3v) is 10.7. The first kappa shape index (κ1) is 58.5. The fraction of sp³-hybridized carbons (Fsp3) is 0.596. The number of carbonyl (C=O) groups excluding carboxylic acids is 1. The molecule has 2 heterocycles. The molecule has 0 radical (unpaired) electrons. The van der Waals surface area contributed by atoms with Crippen molar-refractivity contribution in [2.24, 2.45) is 0 Å². The SMILES string of the molecule is C/C=C/CC/C=C/CC/C=C/C(O)C(COC1OC(CO)C(OC2OC(CO)C(O)C(O)C2O)C(O)C1O)NC(=O)CCC/C=C\C/C=C\C/C=C\C/C=C\C/C=C\C/C=C\C/C=C\CC. The highest BCUT2D eigenvalue weighted by Crippen LogP contribution is 2.29. The number of aliphatic hydroxyl groups is 8. The molecule has 14 heteroatoms. The number of amides is 1. The van der Waals surface area contributed by atoms with Crippen molar-refractivity contribution in [3.8, 4) is 0 Å². The maximum Gasteiger partial charge on any atom is 0.220 e. The summed E-state index contributed by atoms with van der Waals surface area (Å²) in [5, 5.41) is 86.3. The van der Waals surface area contributed by atoms with Crippen LogP contribution in [0.15, 0.2) is 122 Å². The highest BCUT2D eigenvalue weighted by Gasteiger charge is 2.50. The van der Waals surface area contributed by atoms with Crippen LogP contribution in [0.1, 0.15) is 104 Å². The van der Waals surface area contributed by atoms with Crippen LogP contribution in [0.5, 0.6) is 0 Å². The summed E-state index contributed by atoms with van der Waals surface area (Å²) in [5.41, 5.74) is 0. The Hall–Kier alpha value is -3.61. The van der Waals surface area contributed by atoms with Gasteiger partial charge in [-0.15, -0.1) is 0 Å². The van der Waals surface area contributed by atoms with E-state index in [1.54, 1.807) is 12.2 Å². The molecule has 14 nitrogen and oxygen atoms in total. The van der Waals surface area contributed by atoms with Crippen LogP contribution in [0.3, 0.4) is 0 Å². The van der Waals surface area contributed by atoms with E-state index in [-0.39, 0.29) is 18.9 Å². The van der Waals surface area contributed by atoms with E-state index in [2.05, 4.69) is 109 Å². The second-order valence-electron chi connectivity index (χ2n) is 16.1. The zero-order valence-electron chi connectivity index (χ0n) is 39.1. The number of rotatable bonds is 33. The van der Waals surface area contributed by atoms with Crippen LogP contribution in [-0.2, 0) is 23.7 Å². The van der Waals surface area contributed by atoms with Crippen molar-refractivity contribution in [1.82, 2.24) is 5.32 Å². The van der Waals surface area contributed by atoms with E-state index in [0.717, 1.165) is 64.2 Å². The van der Waals surface area contributed by atoms with Crippen molar-refractivity contribution < 1.29 is 64.6 Å². The molecule has 0 aromatic rings. The number of ether oxygens (including phenoxy) is 4. The van der Waals surface area contributed by atoms with Gasteiger partial charge in [-0.3, -0.25) is 4.79 Å². The molecule has 9 N–H and O–H groups in total. The lowest BCUT2D eigenvalue weighted by Crippen LogP contribution is -2.65. The molecule has 2 aliphatic rings. The predicted molar refractivity (Wildman–Crippen MR) is 258 cm³/mol. The first-order valence-electron chi connectivity index (χ1n) is 23.7. The first-order chi connectivity index (χ1) is 32.1. The second-order valence-corrected chi connectivity index (χ2v) is 16.1. The molecule has 0 aliphatic carbocycles. The number of hydrogen-bond acceptors (Lipinski definition) is 13. The van der Waals surface area contributed by atoms with Gasteiger partial charge in [-0.1, -0.05) is 128 Å². The van der Waals surface area contributed by atoms with E-state index in [1.807, 2.05) is 19.1 Å². The Kier molecular flexibility index (Phi) is 33.1. The lowest BCUT2D eigenvalue weighted by Gasteiger charge is -2.46. The maximum atomic E-state index is 13.1. The third kappa shape index (κ3) is 24.4. The molecule has 0 bridgehead atoms. The minimum absolute atomic E-state index is 0.181. The van der Waals surface area contributed by atoms with E-state index in [9.17, 15) is 45.6 Å². The molecule has 66 heavy (non-hydrogen) atoms. The topological polar surface area (TPSA) is 228 Å². The maximum absolute atomic E-state index is 13.1. The van der Waals surface area contributed by atoms with Gasteiger partial charge in [0.15, 0.2) is 12.6 Å². The summed E-state index contributed by atoms with van der Waals surface area (Å²) in [6.07, 6.45) is 35.7. The summed E-state index contributed by atoms with van der Waals surface area (Å²) in [6.45, 7) is 2.32. The van der Waals surface area contributed by atoms with Gasteiger partial charge in [0.1, 0.15) is 48.8 Å². The Morgan fingerprint density at radius 3 is 1.58 bits per heavy atom. The molecule has 0 aromatic heterocycles. The van der Waals surface area contributed by atoms with Gasteiger partial charge in [0, 0.05) is 6.42 Å². The van der Waals surface area contributed by atoms with Crippen LogP contribution in [0, 0.1) is 0 Å². The first-order valence-corrected chi connectivity index (χ1v) is 23.7. The summed E-state index contributed by atoms with van der Waals surface area (Å²) in [6, 6.07) is -0.975. The molecule has 2 aliphatic heterocycles. The van der Waals surface area contributed by atoms with Crippen molar-refractivity contribution in [2.45, 2.75) is 177 Å². The van der Waals surface area contributed by atoms with E-state index >= 15 is 0 Å². The highest BCUT2D eigenvalue weighted by molar-refractivity contribution is 5.76. The fourth-order valence-electron chi connectivity index (χ4n) is 6.84. The van der Waals surface area contributed by atoms with Crippen LogP contribution in [0.4, 0.5) is 0 Å². The summed E-state index contributed by atoms with van der Waals surface area (Å²) in [5.74, 6) is -0.322. The Bertz CT molecular complexity index is 1560. The van der Waals surface area contributed by atoms with Gasteiger partial charge in [0.25, 0.3) is 0 Å². The third-order valence-electron chi connectivity index (χ3n) is 10.7. The van der Waals surface area contributed by atoms with Gasteiger partial charge in [0.2, 0.25) is 5.91 Å². The van der Waals surface area contributed by atoms with Gasteiger partial charge in [-0.05, 0) is 90.4 Å². The molecular weight excluding hydrogens is 847 g/mol. The number of carbonyl (C=O) groups is 1. The van der Waals surface area contributed by atoms with Crippen molar-refractivity contribution in [3.05, 3.63) is 122 Å². The smallest absolute Gasteiger partial charge is 0.220 e. The quantitative estimate of drug-likeness (QED) is 0.0292. The van der Waals surface area contributed by atoms with Gasteiger partial charge in [0.05, 0.1) is 32.0 Å².